The molecule has 0 saturated carbocycles. The quantitative estimate of drug-likeness (QED) is 0.655. The van der Waals surface area contributed by atoms with Gasteiger partial charge in [0.15, 0.2) is 5.78 Å². The molecule has 1 heterocycles. The summed E-state index contributed by atoms with van der Waals surface area (Å²) in [6.45, 7) is 11.2. The fraction of sp³-hybridized carbons (Fsp3) is 0.533. The van der Waals surface area contributed by atoms with E-state index in [0.29, 0.717) is 11.3 Å². The highest BCUT2D eigenvalue weighted by Gasteiger charge is 2.35. The van der Waals surface area contributed by atoms with Crippen LogP contribution in [0.1, 0.15) is 47.2 Å². The Bertz CT molecular complexity index is 491. The summed E-state index contributed by atoms with van der Waals surface area (Å²) in [4.78, 5) is 20.4. The second-order valence-corrected chi connectivity index (χ2v) is 6.65. The summed E-state index contributed by atoms with van der Waals surface area (Å²) < 4.78 is 0. The van der Waals surface area contributed by atoms with Crippen LogP contribution in [-0.4, -0.2) is 20.9 Å². The van der Waals surface area contributed by atoms with Gasteiger partial charge in [-0.25, -0.2) is 9.97 Å². The highest BCUT2D eigenvalue weighted by molar-refractivity contribution is 6.05. The molecule has 0 fully saturated rings. The highest BCUT2D eigenvalue weighted by Crippen LogP contribution is 2.36. The summed E-state index contributed by atoms with van der Waals surface area (Å²) in [5.74, 6) is -0.133. The zero-order valence-corrected chi connectivity index (χ0v) is 12.5. The molecule has 1 aromatic heterocycles. The second-order valence-electron chi connectivity index (χ2n) is 6.65. The minimum Gasteiger partial charge on any atom is -0.505 e. The lowest BCUT2D eigenvalue weighted by Crippen LogP contribution is -2.30. The Kier molecular flexibility index (Phi) is 4.13. The Morgan fingerprint density at radius 2 is 1.68 bits per heavy atom. The molecule has 0 spiro atoms. The van der Waals surface area contributed by atoms with E-state index in [0.717, 1.165) is 0 Å². The third-order valence-electron chi connectivity index (χ3n) is 2.72. The van der Waals surface area contributed by atoms with E-state index in [-0.39, 0.29) is 11.5 Å². The van der Waals surface area contributed by atoms with Gasteiger partial charge in [0.1, 0.15) is 17.8 Å². The van der Waals surface area contributed by atoms with Crippen LogP contribution in [0.4, 0.5) is 0 Å². The Labute approximate surface area is 114 Å². The molecule has 104 valence electrons. The van der Waals surface area contributed by atoms with Gasteiger partial charge in [-0.1, -0.05) is 41.5 Å². The number of allylic oxidation sites excluding steroid dienone is 1. The molecule has 1 aromatic rings. The standard InChI is InChI=1S/C15H22N2O2/c1-14(2,3)11(13(19)15(4,5)6)12(18)10-7-8-16-9-17-10/h7-9,18H,1-6H3. The summed E-state index contributed by atoms with van der Waals surface area (Å²) >= 11 is 0. The molecule has 1 N–H and O–H groups in total. The van der Waals surface area contributed by atoms with Crippen molar-refractivity contribution >= 4 is 11.5 Å². The fourth-order valence-electron chi connectivity index (χ4n) is 1.74. The maximum absolute atomic E-state index is 12.6. The predicted molar refractivity (Wildman–Crippen MR) is 75.5 cm³/mol. The summed E-state index contributed by atoms with van der Waals surface area (Å²) in [6.07, 6.45) is 2.90. The maximum Gasteiger partial charge on any atom is 0.168 e. The molecular weight excluding hydrogens is 240 g/mol. The molecule has 4 heteroatoms. The molecule has 0 saturated heterocycles. The molecule has 19 heavy (non-hydrogen) atoms. The predicted octanol–water partition coefficient (Wildman–Crippen LogP) is 3.41. The minimum atomic E-state index is -0.552. The normalized spacial score (nSPS) is 14.0. The van der Waals surface area contributed by atoms with Crippen molar-refractivity contribution in [1.29, 1.82) is 0 Å². The van der Waals surface area contributed by atoms with Crippen LogP contribution < -0.4 is 0 Å². The van der Waals surface area contributed by atoms with Gasteiger partial charge in [0, 0.05) is 17.2 Å². The number of ketones is 1. The first-order valence-corrected chi connectivity index (χ1v) is 6.30. The largest absolute Gasteiger partial charge is 0.505 e. The third-order valence-corrected chi connectivity index (χ3v) is 2.72. The molecule has 1 rings (SSSR count). The average Bonchev–Trinajstić information content (AvgIpc) is 2.27. The number of rotatable bonds is 2. The molecule has 4 nitrogen and oxygen atoms in total. The Hall–Kier alpha value is -1.71. The van der Waals surface area contributed by atoms with Crippen molar-refractivity contribution in [3.63, 3.8) is 0 Å². The summed E-state index contributed by atoms with van der Waals surface area (Å²) in [5, 5.41) is 10.4. The van der Waals surface area contributed by atoms with Crippen LogP contribution in [-0.2, 0) is 4.79 Å². The molecular formula is C15H22N2O2. The van der Waals surface area contributed by atoms with E-state index >= 15 is 0 Å². The average molecular weight is 262 g/mol. The highest BCUT2D eigenvalue weighted by atomic mass is 16.3. The lowest BCUT2D eigenvalue weighted by Gasteiger charge is -2.28. The van der Waals surface area contributed by atoms with Crippen molar-refractivity contribution in [2.75, 3.05) is 0 Å². The monoisotopic (exact) mass is 262 g/mol. The number of aliphatic hydroxyl groups is 1. The summed E-state index contributed by atoms with van der Waals surface area (Å²) in [5.41, 5.74) is -0.237. The smallest absolute Gasteiger partial charge is 0.168 e. The first kappa shape index (κ1) is 15.3. The number of nitrogens with zero attached hydrogens (tertiary/aromatic N) is 2. The van der Waals surface area contributed by atoms with Gasteiger partial charge in [0.05, 0.1) is 0 Å². The van der Waals surface area contributed by atoms with E-state index in [9.17, 15) is 9.90 Å². The molecule has 0 aliphatic rings. The number of hydrogen-bond donors (Lipinski definition) is 1. The number of aliphatic hydroxyl groups excluding tert-OH is 1. The van der Waals surface area contributed by atoms with Crippen molar-refractivity contribution in [2.24, 2.45) is 10.8 Å². The van der Waals surface area contributed by atoms with Crippen molar-refractivity contribution in [2.45, 2.75) is 41.5 Å². The Balaban J connectivity index is 3.46. The number of carbonyl (C=O) groups is 1. The molecule has 0 atom stereocenters. The van der Waals surface area contributed by atoms with E-state index in [1.165, 1.54) is 6.33 Å². The molecule has 0 aliphatic heterocycles. The maximum atomic E-state index is 12.6. The van der Waals surface area contributed by atoms with Crippen LogP contribution in [0.25, 0.3) is 5.76 Å². The molecule has 0 radical (unpaired) electrons. The molecule has 0 unspecified atom stereocenters. The topological polar surface area (TPSA) is 63.1 Å². The first-order valence-electron chi connectivity index (χ1n) is 6.30. The molecule has 0 amide bonds. The Morgan fingerprint density at radius 1 is 1.11 bits per heavy atom. The van der Waals surface area contributed by atoms with Gasteiger partial charge in [-0.05, 0) is 11.5 Å². The molecule has 0 aromatic carbocycles. The van der Waals surface area contributed by atoms with Crippen molar-refractivity contribution in [3.8, 4) is 0 Å². The van der Waals surface area contributed by atoms with Crippen LogP contribution in [0.3, 0.4) is 0 Å². The minimum absolute atomic E-state index is 0.0603. The van der Waals surface area contributed by atoms with Gasteiger partial charge in [0.25, 0.3) is 0 Å². The number of Topliss-reactive ketones (excluding diaryl/α,β-unsaturated/α-hetero) is 1. The van der Waals surface area contributed by atoms with Crippen molar-refractivity contribution in [1.82, 2.24) is 9.97 Å². The van der Waals surface area contributed by atoms with E-state index in [2.05, 4.69) is 9.97 Å². The van der Waals surface area contributed by atoms with E-state index < -0.39 is 10.8 Å². The van der Waals surface area contributed by atoms with Crippen molar-refractivity contribution < 1.29 is 9.90 Å². The summed E-state index contributed by atoms with van der Waals surface area (Å²) in [7, 11) is 0. The third kappa shape index (κ3) is 3.63. The lowest BCUT2D eigenvalue weighted by molar-refractivity contribution is -0.123. The Morgan fingerprint density at radius 3 is 2.05 bits per heavy atom. The van der Waals surface area contributed by atoms with Gasteiger partial charge >= 0.3 is 0 Å². The zero-order valence-electron chi connectivity index (χ0n) is 12.5. The first-order chi connectivity index (χ1) is 8.55. The van der Waals surface area contributed by atoms with Crippen LogP contribution in [0.2, 0.25) is 0 Å². The van der Waals surface area contributed by atoms with Crippen molar-refractivity contribution in [3.05, 3.63) is 29.9 Å². The van der Waals surface area contributed by atoms with Crippen LogP contribution in [0, 0.1) is 10.8 Å². The van der Waals surface area contributed by atoms with Gasteiger partial charge in [-0.15, -0.1) is 0 Å². The number of carbonyl (C=O) groups excluding carboxylic acids is 1. The van der Waals surface area contributed by atoms with Gasteiger partial charge in [-0.3, -0.25) is 4.79 Å². The molecule has 0 bridgehead atoms. The van der Waals surface area contributed by atoms with E-state index in [1.807, 2.05) is 41.5 Å². The molecule has 0 aliphatic carbocycles. The van der Waals surface area contributed by atoms with Crippen LogP contribution in [0.5, 0.6) is 0 Å². The fourth-order valence-corrected chi connectivity index (χ4v) is 1.74. The van der Waals surface area contributed by atoms with Gasteiger partial charge in [-0.2, -0.15) is 0 Å². The second kappa shape index (κ2) is 5.11. The number of aromatic nitrogens is 2. The van der Waals surface area contributed by atoms with E-state index in [4.69, 9.17) is 0 Å². The SMILES string of the molecule is CC(C)(C)C(=O)C(=C(O)c1ccncn1)C(C)(C)C. The van der Waals surface area contributed by atoms with Gasteiger partial charge in [0.2, 0.25) is 0 Å². The number of hydrogen-bond acceptors (Lipinski definition) is 4. The van der Waals surface area contributed by atoms with E-state index in [1.54, 1.807) is 12.3 Å². The zero-order chi connectivity index (χ0) is 14.8. The van der Waals surface area contributed by atoms with Crippen LogP contribution >= 0.6 is 0 Å². The van der Waals surface area contributed by atoms with Crippen LogP contribution in [0.15, 0.2) is 24.2 Å². The van der Waals surface area contributed by atoms with Gasteiger partial charge < -0.3 is 5.11 Å². The summed E-state index contributed by atoms with van der Waals surface area (Å²) in [6, 6.07) is 1.59. The lowest BCUT2D eigenvalue weighted by atomic mass is 9.74.